The van der Waals surface area contributed by atoms with E-state index in [0.29, 0.717) is 12.8 Å². The molecular formula is C80H141NO10. The molecule has 0 aromatic rings. The maximum absolute atomic E-state index is 13.5. The van der Waals surface area contributed by atoms with Gasteiger partial charge in [-0.05, 0) is 103 Å². The van der Waals surface area contributed by atoms with Crippen LogP contribution in [-0.4, -0.2) is 99.6 Å². The lowest BCUT2D eigenvalue weighted by Crippen LogP contribution is -2.61. The quantitative estimate of drug-likeness (QED) is 0.0195. The molecule has 1 saturated heterocycles. The summed E-state index contributed by atoms with van der Waals surface area (Å²) in [7, 11) is 0. The number of carbonyl (C=O) groups excluding carboxylic acids is 2. The number of hydrogen-bond donors (Lipinski definition) is 6. The Hall–Kier alpha value is -3.42. The molecule has 0 spiro atoms. The lowest BCUT2D eigenvalue weighted by atomic mass is 9.99. The Bertz CT molecular complexity index is 1860. The molecule has 1 heterocycles. The first-order valence-corrected chi connectivity index (χ1v) is 38.0. The summed E-state index contributed by atoms with van der Waals surface area (Å²) in [5.41, 5.74) is 0. The number of allylic oxidation sites excluding steroid dienone is 15. The molecule has 0 bridgehead atoms. The molecule has 6 N–H and O–H groups in total. The van der Waals surface area contributed by atoms with Crippen LogP contribution in [0, 0.1) is 0 Å². The third kappa shape index (κ3) is 53.5. The standard InChI is InChI=1S/C80H141NO10/c1-4-7-10-13-16-19-22-25-27-29-31-33-35-36-37-39-40-42-44-46-49-52-55-58-61-64-67-73(84)79(88)81-71(72(83)66-63-60-57-54-51-48-24-21-18-15-12-9-6-3)70-89-80-78(77(87)76(86)74(69-82)90-80)91-75(85)68-65-62-59-56-53-50-47-45-43-41-38-34-32-30-28-26-23-20-17-14-11-8-5-2/h7,10,16,19,25-28,31,33,36-37,40,42,63,66,71-74,76-78,80,82-84,86-87H,4-6,8-9,11-15,17-18,20-24,29-30,32,34-35,38-39,41,43-62,64-65,67-70H2,1-3H3,(H,81,88)/b10-7-,19-16-,27-25-,28-26+,33-31-,37-36-,42-40-,66-63+. The highest BCUT2D eigenvalue weighted by molar-refractivity contribution is 5.80. The molecular weight excluding hydrogens is 1130 g/mol. The Morgan fingerprint density at radius 3 is 1.20 bits per heavy atom. The number of hydrogen-bond acceptors (Lipinski definition) is 10. The smallest absolute Gasteiger partial charge is 0.306 e. The second kappa shape index (κ2) is 66.6. The van der Waals surface area contributed by atoms with Gasteiger partial charge < -0.3 is 45.1 Å². The van der Waals surface area contributed by atoms with Crippen molar-refractivity contribution in [1.82, 2.24) is 5.32 Å². The van der Waals surface area contributed by atoms with Crippen molar-refractivity contribution in [3.8, 4) is 0 Å². The number of rotatable bonds is 65. The molecule has 0 aromatic carbocycles. The SMILES string of the molecule is CC/C=C\C/C=C\C/C=C\C/C=C\C/C=C\C/C=C\CCCCCCCCCC(O)C(=O)NC(COC1OC(CO)C(O)C(O)C1OC(=O)CCCCCCCCCCCCCCC/C=C/CCCCCCCC)C(O)/C=C/CCCCCCCCCCCCC. The van der Waals surface area contributed by atoms with Gasteiger partial charge in [-0.2, -0.15) is 0 Å². The fourth-order valence-electron chi connectivity index (χ4n) is 11.5. The van der Waals surface area contributed by atoms with E-state index in [1.54, 1.807) is 6.08 Å². The minimum absolute atomic E-state index is 0.121. The van der Waals surface area contributed by atoms with Gasteiger partial charge in [-0.15, -0.1) is 0 Å². The van der Waals surface area contributed by atoms with Crippen LogP contribution in [-0.2, 0) is 23.8 Å². The van der Waals surface area contributed by atoms with E-state index >= 15 is 0 Å². The summed E-state index contributed by atoms with van der Waals surface area (Å²) in [6, 6.07) is -1.04. The van der Waals surface area contributed by atoms with Gasteiger partial charge in [-0.3, -0.25) is 9.59 Å². The summed E-state index contributed by atoms with van der Waals surface area (Å²) in [6.07, 6.45) is 80.1. The Morgan fingerprint density at radius 1 is 0.440 bits per heavy atom. The second-order valence-electron chi connectivity index (χ2n) is 26.0. The molecule has 0 radical (unpaired) electrons. The maximum Gasteiger partial charge on any atom is 0.306 e. The molecule has 1 amide bonds. The molecule has 11 nitrogen and oxygen atoms in total. The van der Waals surface area contributed by atoms with Crippen LogP contribution in [0.4, 0.5) is 0 Å². The van der Waals surface area contributed by atoms with Crippen molar-refractivity contribution in [3.63, 3.8) is 0 Å². The molecule has 0 saturated carbocycles. The molecule has 1 rings (SSSR count). The molecule has 526 valence electrons. The van der Waals surface area contributed by atoms with Crippen LogP contribution in [0.15, 0.2) is 97.2 Å². The van der Waals surface area contributed by atoms with Crippen molar-refractivity contribution in [1.29, 1.82) is 0 Å². The summed E-state index contributed by atoms with van der Waals surface area (Å²) in [5.74, 6) is -1.20. The van der Waals surface area contributed by atoms with Crippen LogP contribution in [0.3, 0.4) is 0 Å². The van der Waals surface area contributed by atoms with Crippen molar-refractivity contribution in [2.24, 2.45) is 0 Å². The largest absolute Gasteiger partial charge is 0.454 e. The van der Waals surface area contributed by atoms with Gasteiger partial charge in [0.05, 0.1) is 25.4 Å². The molecule has 8 unspecified atom stereocenters. The normalized spacial score (nSPS) is 18.5. The van der Waals surface area contributed by atoms with Gasteiger partial charge in [0.1, 0.15) is 24.4 Å². The van der Waals surface area contributed by atoms with Gasteiger partial charge >= 0.3 is 5.97 Å². The van der Waals surface area contributed by atoms with Gasteiger partial charge in [-0.1, -0.05) is 323 Å². The number of unbranched alkanes of at least 4 members (excludes halogenated alkanes) is 37. The van der Waals surface area contributed by atoms with Crippen LogP contribution in [0.25, 0.3) is 0 Å². The van der Waals surface area contributed by atoms with E-state index in [2.05, 4.69) is 111 Å². The predicted molar refractivity (Wildman–Crippen MR) is 384 cm³/mol. The van der Waals surface area contributed by atoms with Crippen molar-refractivity contribution in [2.75, 3.05) is 13.2 Å². The molecule has 1 aliphatic heterocycles. The number of aliphatic hydroxyl groups excluding tert-OH is 5. The topological polar surface area (TPSA) is 175 Å². The number of esters is 1. The van der Waals surface area contributed by atoms with Crippen LogP contribution >= 0.6 is 0 Å². The molecule has 0 aromatic heterocycles. The average Bonchev–Trinajstić information content (AvgIpc) is 0.969. The zero-order valence-electron chi connectivity index (χ0n) is 58.7. The second-order valence-corrected chi connectivity index (χ2v) is 26.0. The third-order valence-electron chi connectivity index (χ3n) is 17.5. The zero-order chi connectivity index (χ0) is 66.0. The van der Waals surface area contributed by atoms with E-state index in [4.69, 9.17) is 14.2 Å². The van der Waals surface area contributed by atoms with E-state index < -0.39 is 67.4 Å². The number of ether oxygens (including phenoxy) is 3. The van der Waals surface area contributed by atoms with Crippen molar-refractivity contribution in [3.05, 3.63) is 97.2 Å². The summed E-state index contributed by atoms with van der Waals surface area (Å²) in [5, 5.41) is 57.4. The van der Waals surface area contributed by atoms with Gasteiger partial charge in [0, 0.05) is 6.42 Å². The molecule has 91 heavy (non-hydrogen) atoms. The summed E-state index contributed by atoms with van der Waals surface area (Å²) >= 11 is 0. The van der Waals surface area contributed by atoms with Gasteiger partial charge in [0.25, 0.3) is 0 Å². The highest BCUT2D eigenvalue weighted by Gasteiger charge is 2.47. The first-order chi connectivity index (χ1) is 44.7. The Kier molecular flexibility index (Phi) is 62.6. The molecule has 0 aliphatic carbocycles. The van der Waals surface area contributed by atoms with Gasteiger partial charge in [0.15, 0.2) is 12.4 Å². The molecule has 8 atom stereocenters. The van der Waals surface area contributed by atoms with Crippen LogP contribution in [0.5, 0.6) is 0 Å². The number of nitrogens with one attached hydrogen (secondary N) is 1. The van der Waals surface area contributed by atoms with E-state index in [1.165, 1.54) is 173 Å². The van der Waals surface area contributed by atoms with E-state index in [0.717, 1.165) is 116 Å². The lowest BCUT2D eigenvalue weighted by Gasteiger charge is -2.41. The van der Waals surface area contributed by atoms with E-state index in [-0.39, 0.29) is 19.4 Å². The third-order valence-corrected chi connectivity index (χ3v) is 17.5. The Morgan fingerprint density at radius 2 is 0.791 bits per heavy atom. The molecule has 1 aliphatic rings. The number of carbonyl (C=O) groups is 2. The molecule has 11 heteroatoms. The number of amides is 1. The number of aliphatic hydroxyl groups is 5. The lowest BCUT2D eigenvalue weighted by molar-refractivity contribution is -0.305. The van der Waals surface area contributed by atoms with Crippen LogP contribution in [0.2, 0.25) is 0 Å². The Labute approximate surface area is 558 Å². The van der Waals surface area contributed by atoms with E-state index in [1.807, 2.05) is 6.08 Å². The van der Waals surface area contributed by atoms with Crippen LogP contribution in [0.1, 0.15) is 335 Å². The predicted octanol–water partition coefficient (Wildman–Crippen LogP) is 20.2. The summed E-state index contributed by atoms with van der Waals surface area (Å²) in [4.78, 5) is 26.8. The Balaban J connectivity index is 2.57. The summed E-state index contributed by atoms with van der Waals surface area (Å²) in [6.45, 7) is 5.71. The van der Waals surface area contributed by atoms with Crippen LogP contribution < -0.4 is 5.32 Å². The first kappa shape index (κ1) is 85.6. The maximum atomic E-state index is 13.5. The first-order valence-electron chi connectivity index (χ1n) is 38.0. The van der Waals surface area contributed by atoms with E-state index in [9.17, 15) is 35.1 Å². The minimum atomic E-state index is -1.62. The highest BCUT2D eigenvalue weighted by atomic mass is 16.7. The van der Waals surface area contributed by atoms with Crippen molar-refractivity contribution in [2.45, 2.75) is 384 Å². The minimum Gasteiger partial charge on any atom is -0.454 e. The summed E-state index contributed by atoms with van der Waals surface area (Å²) < 4.78 is 17.7. The van der Waals surface area contributed by atoms with Gasteiger partial charge in [-0.25, -0.2) is 0 Å². The fraction of sp³-hybridized carbons (Fsp3) is 0.775. The fourth-order valence-corrected chi connectivity index (χ4v) is 11.5. The zero-order valence-corrected chi connectivity index (χ0v) is 58.7. The highest BCUT2D eigenvalue weighted by Crippen LogP contribution is 2.26. The van der Waals surface area contributed by atoms with Crippen molar-refractivity contribution < 1.29 is 49.3 Å². The average molecular weight is 1280 g/mol. The van der Waals surface area contributed by atoms with Gasteiger partial charge in [0.2, 0.25) is 5.91 Å². The molecule has 1 fully saturated rings. The van der Waals surface area contributed by atoms with Crippen molar-refractivity contribution >= 4 is 11.9 Å². The monoisotopic (exact) mass is 1280 g/mol.